The molecule has 9 unspecified atom stereocenters. The first-order valence-corrected chi connectivity index (χ1v) is 44.7. The van der Waals surface area contributed by atoms with Crippen molar-refractivity contribution in [2.75, 3.05) is 193 Å². The summed E-state index contributed by atoms with van der Waals surface area (Å²) < 4.78 is 0. The molecule has 0 heterocycles. The van der Waals surface area contributed by atoms with Gasteiger partial charge in [-0.3, -0.25) is 9.80 Å². The summed E-state index contributed by atoms with van der Waals surface area (Å²) in [6.07, 6.45) is 24.1. The molecule has 4 rings (SSSR count). The summed E-state index contributed by atoms with van der Waals surface area (Å²) in [6.45, 7) is 30.1. The molecule has 31 heteroatoms. The van der Waals surface area contributed by atoms with E-state index in [0.717, 1.165) is 90.4 Å². The highest BCUT2D eigenvalue weighted by atomic mass is 16.3. The quantitative estimate of drug-likeness (QED) is 0.0386. The zero-order valence-electron chi connectivity index (χ0n) is 77.5. The first-order valence-electron chi connectivity index (χ1n) is 44.7. The van der Waals surface area contributed by atoms with Gasteiger partial charge in [0.15, 0.2) is 0 Å². The fourth-order valence-corrected chi connectivity index (χ4v) is 16.9. The van der Waals surface area contributed by atoms with E-state index < -0.39 is 47.7 Å². The maximum atomic E-state index is 10.5. The van der Waals surface area contributed by atoms with Crippen LogP contribution in [0.5, 0.6) is 0 Å². The second kappa shape index (κ2) is 61.2. The van der Waals surface area contributed by atoms with Crippen molar-refractivity contribution in [2.24, 2.45) is 51.6 Å². The second-order valence-electron chi connectivity index (χ2n) is 40.6. The number of hydrogen-bond acceptors (Lipinski definition) is 31. The van der Waals surface area contributed by atoms with Crippen molar-refractivity contribution in [3.63, 3.8) is 0 Å². The number of nitrogens with two attached hydrogens (primary N) is 9. The zero-order chi connectivity index (χ0) is 90.1. The third-order valence-corrected chi connectivity index (χ3v) is 22.3. The monoisotopic (exact) mass is 1690 g/mol. The Hall–Kier alpha value is -1.24. The van der Waals surface area contributed by atoms with Gasteiger partial charge in [-0.1, -0.05) is 77.0 Å². The minimum Gasteiger partial charge on any atom is -0.395 e. The van der Waals surface area contributed by atoms with Crippen molar-refractivity contribution in [1.29, 1.82) is 0 Å². The smallest absolute Gasteiger partial charge is 0.0684 e. The van der Waals surface area contributed by atoms with Gasteiger partial charge >= 0.3 is 0 Å². The largest absolute Gasteiger partial charge is 0.395 e. The predicted octanol–water partition coefficient (Wildman–Crippen LogP) is 0.167. The van der Waals surface area contributed by atoms with Crippen LogP contribution in [0.4, 0.5) is 0 Å². The molecule has 4 aliphatic rings. The Kier molecular flexibility index (Phi) is 61.6. The van der Waals surface area contributed by atoms with E-state index in [9.17, 15) is 46.0 Å². The van der Waals surface area contributed by atoms with Crippen LogP contribution in [0.1, 0.15) is 255 Å². The lowest BCUT2D eigenvalue weighted by Gasteiger charge is -2.36. The molecule has 0 aromatic carbocycles. The van der Waals surface area contributed by atoms with Crippen molar-refractivity contribution in [3.8, 4) is 0 Å². The molecule has 706 valence electrons. The van der Waals surface area contributed by atoms with E-state index in [0.29, 0.717) is 149 Å². The standard InChI is InChI=1S/C22H46N4O2.C16H38N4O2.C14H33N3O3.C13H28N2O3.C12H26N2O2.C9H22N2O2/c1-25(17-19(27)15-21(23)9-5-3-6-10-21)13-14-26(2)18-20(28)16-22(24)11-7-4-8-12-22;1-15(2,17)9-13(21)11-19(5)7-8-20(6)12-14(22)10-16(3,4)18;1-13(2,15)7-11(19)9-17(5-6-18)10-12(20)8-14(3,4)16;14-13(4-2-1-3-5-13)10-12(18)11-15(6-8-16)7-9-17;1-14(7-8-15)10-11(16)9-12(13)5-3-2-4-6-12;1-9(2,10)6-8(13)7-11(3)4-5-12/h19-20,27-28H,3-18,23-24H2,1-2H3;13-14,21-22H,7-12,17-18H2,1-6H3;11-12,18-20H,5-10,15-16H2,1-4H3;12,16-18H,1-11,14H2;11,15-16H,2-10,13H2,1H3;8,12-13H,4-7,10H2,1-3H3. The summed E-state index contributed by atoms with van der Waals surface area (Å²) in [6, 6.07) is 0. The molecule has 4 saturated carbocycles. The molecule has 0 aromatic heterocycles. The number of aliphatic hydroxyl groups excluding tert-OH is 14. The van der Waals surface area contributed by atoms with Crippen molar-refractivity contribution >= 4 is 0 Å². The topological polar surface area (TPSA) is 543 Å². The minimum absolute atomic E-state index is 0.0164. The summed E-state index contributed by atoms with van der Waals surface area (Å²) in [5, 5.41) is 135. The molecule has 9 atom stereocenters. The lowest BCUT2D eigenvalue weighted by Crippen LogP contribution is -2.48. The number of nitrogens with zero attached hydrogens (tertiary/aromatic N) is 8. The Morgan fingerprint density at radius 1 is 0.231 bits per heavy atom. The molecular formula is C86H193N17O14. The van der Waals surface area contributed by atoms with Crippen LogP contribution >= 0.6 is 0 Å². The summed E-state index contributed by atoms with van der Waals surface area (Å²) in [7, 11) is 11.8. The number of rotatable bonds is 52. The first-order chi connectivity index (χ1) is 53.9. The highest BCUT2D eigenvalue weighted by Crippen LogP contribution is 2.33. The fraction of sp³-hybridized carbons (Fsp3) is 1.00. The lowest BCUT2D eigenvalue weighted by atomic mass is 9.79. The van der Waals surface area contributed by atoms with E-state index >= 15 is 0 Å². The SMILES string of the molecule is CC(C)(N)CC(O)CN(CCO)CC(O)CC(C)(C)N.CN(CCN(C)CC(O)CC(C)(C)N)CC(O)CC(C)(C)N.CN(CCN(C)CC(O)CC1(N)CCCCC1)CC(O)CC1(N)CCCCC1.CN(CCO)CC(O)CC(C)(C)N.CN(CCO)CC(O)CC1(N)CCCCC1.NC1(CC(O)CN(CCO)CCO)CCCCC1. The van der Waals surface area contributed by atoms with Crippen molar-refractivity contribution in [3.05, 3.63) is 0 Å². The molecule has 0 aromatic rings. The second-order valence-corrected chi connectivity index (χ2v) is 40.6. The number of aliphatic hydroxyl groups is 14. The summed E-state index contributed by atoms with van der Waals surface area (Å²) >= 11 is 0. The summed E-state index contributed by atoms with van der Waals surface area (Å²) in [4.78, 5) is 16.1. The normalized spacial score (nSPS) is 19.7. The van der Waals surface area contributed by atoms with Gasteiger partial charge in [-0.2, -0.15) is 0 Å². The van der Waals surface area contributed by atoms with E-state index in [-0.39, 0.29) is 90.1 Å². The lowest BCUT2D eigenvalue weighted by molar-refractivity contribution is 0.0416. The van der Waals surface area contributed by atoms with Crippen LogP contribution in [0.2, 0.25) is 0 Å². The first kappa shape index (κ1) is 118. The molecule has 0 aliphatic heterocycles. The molecular weight excluding hydrogens is 1500 g/mol. The van der Waals surface area contributed by atoms with Gasteiger partial charge in [-0.25, -0.2) is 0 Å². The molecule has 117 heavy (non-hydrogen) atoms. The van der Waals surface area contributed by atoms with Crippen LogP contribution in [0.15, 0.2) is 0 Å². The molecule has 4 aliphatic carbocycles. The van der Waals surface area contributed by atoms with Crippen LogP contribution in [-0.2, 0) is 0 Å². The Bertz CT molecular complexity index is 2240. The number of hydrogen-bond donors (Lipinski definition) is 23. The highest BCUT2D eigenvalue weighted by Gasteiger charge is 2.35. The van der Waals surface area contributed by atoms with Crippen LogP contribution in [0.25, 0.3) is 0 Å². The molecule has 0 radical (unpaired) electrons. The van der Waals surface area contributed by atoms with E-state index in [1.54, 1.807) is 0 Å². The average Bonchev–Trinajstić information content (AvgIpc) is 0.873. The van der Waals surface area contributed by atoms with E-state index in [1.165, 1.54) is 64.2 Å². The van der Waals surface area contributed by atoms with E-state index in [2.05, 4.69) is 33.7 Å². The minimum atomic E-state index is -0.584. The van der Waals surface area contributed by atoms with Gasteiger partial charge in [-0.15, -0.1) is 0 Å². The third kappa shape index (κ3) is 69.6. The van der Waals surface area contributed by atoms with Gasteiger partial charge in [0, 0.05) is 168 Å². The van der Waals surface area contributed by atoms with E-state index in [1.807, 2.05) is 117 Å². The Labute approximate surface area is 712 Å². The van der Waals surface area contributed by atoms with Crippen LogP contribution < -0.4 is 51.6 Å². The highest BCUT2D eigenvalue weighted by molar-refractivity contribution is 4.94. The van der Waals surface area contributed by atoms with Gasteiger partial charge in [0.1, 0.15) is 0 Å². The van der Waals surface area contributed by atoms with Gasteiger partial charge in [0.25, 0.3) is 0 Å². The van der Waals surface area contributed by atoms with Crippen molar-refractivity contribution in [2.45, 2.75) is 360 Å². The molecule has 31 nitrogen and oxygen atoms in total. The molecule has 4 fully saturated rings. The Morgan fingerprint density at radius 2 is 0.385 bits per heavy atom. The maximum Gasteiger partial charge on any atom is 0.0684 e. The van der Waals surface area contributed by atoms with Crippen LogP contribution in [0.3, 0.4) is 0 Å². The van der Waals surface area contributed by atoms with Crippen molar-refractivity contribution < 1.29 is 71.5 Å². The van der Waals surface area contributed by atoms with Gasteiger partial charge < -0.3 is 152 Å². The summed E-state index contributed by atoms with van der Waals surface area (Å²) in [5.41, 5.74) is 52.2. The maximum absolute atomic E-state index is 10.5. The Morgan fingerprint density at radius 3 is 0.573 bits per heavy atom. The Balaban J connectivity index is 0. The molecule has 32 N–H and O–H groups in total. The average molecular weight is 1690 g/mol. The van der Waals surface area contributed by atoms with Gasteiger partial charge in [0.2, 0.25) is 0 Å². The third-order valence-electron chi connectivity index (χ3n) is 22.3. The predicted molar refractivity (Wildman–Crippen MR) is 480 cm³/mol. The molecule has 0 saturated heterocycles. The van der Waals surface area contributed by atoms with E-state index in [4.69, 9.17) is 77.1 Å². The fourth-order valence-electron chi connectivity index (χ4n) is 16.9. The zero-order valence-corrected chi connectivity index (χ0v) is 77.5. The van der Waals surface area contributed by atoms with Crippen LogP contribution in [-0.4, -0.2) is 409 Å². The molecule has 0 amide bonds. The van der Waals surface area contributed by atoms with Gasteiger partial charge in [-0.05, 0) is 221 Å². The molecule has 0 bridgehead atoms. The van der Waals surface area contributed by atoms with Gasteiger partial charge in [0.05, 0.1) is 88.0 Å². The number of likely N-dealkylation sites (N-methyl/N-ethyl adjacent to an activating group) is 6. The van der Waals surface area contributed by atoms with Crippen LogP contribution in [0, 0.1) is 0 Å². The van der Waals surface area contributed by atoms with Crippen molar-refractivity contribution in [1.82, 2.24) is 39.2 Å². The molecule has 0 spiro atoms. The summed E-state index contributed by atoms with van der Waals surface area (Å²) in [5.74, 6) is 0.